The third-order valence-electron chi connectivity index (χ3n) is 7.28. The molecule has 5 rings (SSSR count). The van der Waals surface area contributed by atoms with Crippen LogP contribution in [0.4, 0.5) is 0 Å². The first-order chi connectivity index (χ1) is 18.1. The summed E-state index contributed by atoms with van der Waals surface area (Å²) < 4.78 is 5.18. The Morgan fingerprint density at radius 1 is 0.973 bits per heavy atom. The highest BCUT2D eigenvalue weighted by Crippen LogP contribution is 2.25. The number of carbonyl (C=O) groups excluding carboxylic acids is 2. The van der Waals surface area contributed by atoms with E-state index in [4.69, 9.17) is 4.74 Å². The molecule has 0 aliphatic carbocycles. The molecule has 1 aliphatic rings. The van der Waals surface area contributed by atoms with E-state index in [1.165, 1.54) is 5.56 Å². The molecule has 0 spiro atoms. The zero-order valence-electron chi connectivity index (χ0n) is 21.2. The fourth-order valence-corrected chi connectivity index (χ4v) is 5.11. The van der Waals surface area contributed by atoms with Gasteiger partial charge in [-0.3, -0.25) is 9.59 Å². The van der Waals surface area contributed by atoms with Gasteiger partial charge in [0.15, 0.2) is 0 Å². The number of methoxy groups -OCH3 is 1. The van der Waals surface area contributed by atoms with Crippen LogP contribution < -0.4 is 10.1 Å². The van der Waals surface area contributed by atoms with Gasteiger partial charge in [0.25, 0.3) is 5.91 Å². The van der Waals surface area contributed by atoms with Gasteiger partial charge in [-0.15, -0.1) is 0 Å². The van der Waals surface area contributed by atoms with Crippen molar-refractivity contribution in [3.05, 3.63) is 101 Å². The predicted molar refractivity (Wildman–Crippen MR) is 146 cm³/mol. The lowest BCUT2D eigenvalue weighted by atomic mass is 9.90. The molecule has 2 N–H and O–H groups in total. The van der Waals surface area contributed by atoms with E-state index in [1.54, 1.807) is 7.11 Å². The SMILES string of the molecule is COc1ccc(CNC(=O)Cc2c[nH]c3ccc(C(=O)N4CCC(Cc5ccccc5)CC4)cc23)cc1. The molecule has 0 saturated carbocycles. The first-order valence-electron chi connectivity index (χ1n) is 12.9. The van der Waals surface area contributed by atoms with Crippen molar-refractivity contribution >= 4 is 22.7 Å². The minimum absolute atomic E-state index is 0.0612. The van der Waals surface area contributed by atoms with E-state index in [2.05, 4.69) is 34.6 Å². The number of nitrogens with zero attached hydrogens (tertiary/aromatic N) is 1. The minimum Gasteiger partial charge on any atom is -0.497 e. The molecule has 0 atom stereocenters. The summed E-state index contributed by atoms with van der Waals surface area (Å²) in [6.45, 7) is 2.01. The average Bonchev–Trinajstić information content (AvgIpc) is 3.34. The van der Waals surface area contributed by atoms with Crippen LogP contribution in [-0.4, -0.2) is 41.9 Å². The van der Waals surface area contributed by atoms with Crippen LogP contribution in [0.1, 0.15) is 39.9 Å². The monoisotopic (exact) mass is 495 g/mol. The molecule has 6 nitrogen and oxygen atoms in total. The van der Waals surface area contributed by atoms with Crippen LogP contribution in [0.5, 0.6) is 5.75 Å². The second kappa shape index (κ2) is 11.3. The lowest BCUT2D eigenvalue weighted by molar-refractivity contribution is -0.120. The molecule has 1 fully saturated rings. The van der Waals surface area contributed by atoms with Crippen LogP contribution in [0.15, 0.2) is 79.0 Å². The van der Waals surface area contributed by atoms with Crippen molar-refractivity contribution in [2.24, 2.45) is 5.92 Å². The summed E-state index contributed by atoms with van der Waals surface area (Å²) in [5, 5.41) is 3.90. The van der Waals surface area contributed by atoms with Gasteiger partial charge in [-0.25, -0.2) is 0 Å². The molecular formula is C31H33N3O3. The average molecular weight is 496 g/mol. The van der Waals surface area contributed by atoms with E-state index in [-0.39, 0.29) is 18.2 Å². The van der Waals surface area contributed by atoms with E-state index in [9.17, 15) is 9.59 Å². The fourth-order valence-electron chi connectivity index (χ4n) is 5.11. The molecule has 2 amide bonds. The number of rotatable bonds is 8. The maximum absolute atomic E-state index is 13.3. The van der Waals surface area contributed by atoms with Crippen molar-refractivity contribution in [2.45, 2.75) is 32.2 Å². The molecule has 0 radical (unpaired) electrons. The number of likely N-dealkylation sites (tertiary alicyclic amines) is 1. The molecule has 0 bridgehead atoms. The Bertz CT molecular complexity index is 1350. The van der Waals surface area contributed by atoms with Gasteiger partial charge in [0, 0.05) is 42.3 Å². The number of hydrogen-bond donors (Lipinski definition) is 2. The Morgan fingerprint density at radius 2 is 1.73 bits per heavy atom. The van der Waals surface area contributed by atoms with Gasteiger partial charge in [0.05, 0.1) is 13.5 Å². The molecule has 3 aromatic carbocycles. The fraction of sp³-hybridized carbons (Fsp3) is 0.290. The number of hydrogen-bond acceptors (Lipinski definition) is 3. The molecule has 2 heterocycles. The van der Waals surface area contributed by atoms with Gasteiger partial charge in [-0.2, -0.15) is 0 Å². The van der Waals surface area contributed by atoms with Crippen molar-refractivity contribution < 1.29 is 14.3 Å². The summed E-state index contributed by atoms with van der Waals surface area (Å²) in [5.74, 6) is 1.41. The minimum atomic E-state index is -0.0612. The Hall–Kier alpha value is -4.06. The van der Waals surface area contributed by atoms with Gasteiger partial charge in [-0.05, 0) is 72.2 Å². The molecule has 37 heavy (non-hydrogen) atoms. The topological polar surface area (TPSA) is 74.4 Å². The highest BCUT2D eigenvalue weighted by atomic mass is 16.5. The maximum atomic E-state index is 13.3. The van der Waals surface area contributed by atoms with Crippen molar-refractivity contribution in [1.82, 2.24) is 15.2 Å². The number of fused-ring (bicyclic) bond motifs is 1. The van der Waals surface area contributed by atoms with E-state index >= 15 is 0 Å². The van der Waals surface area contributed by atoms with Gasteiger partial charge < -0.3 is 19.9 Å². The van der Waals surface area contributed by atoms with Crippen molar-refractivity contribution in [3.8, 4) is 5.75 Å². The summed E-state index contributed by atoms with van der Waals surface area (Å²) in [7, 11) is 1.63. The van der Waals surface area contributed by atoms with Crippen LogP contribution >= 0.6 is 0 Å². The first-order valence-corrected chi connectivity index (χ1v) is 12.9. The number of amides is 2. The Morgan fingerprint density at radius 3 is 2.46 bits per heavy atom. The van der Waals surface area contributed by atoms with Gasteiger partial charge >= 0.3 is 0 Å². The molecule has 1 aliphatic heterocycles. The number of aromatic nitrogens is 1. The van der Waals surface area contributed by atoms with Gasteiger partial charge in [0.1, 0.15) is 5.75 Å². The number of nitrogens with one attached hydrogen (secondary N) is 2. The van der Waals surface area contributed by atoms with Crippen molar-refractivity contribution in [2.75, 3.05) is 20.2 Å². The second-order valence-corrected chi connectivity index (χ2v) is 9.80. The molecule has 1 saturated heterocycles. The second-order valence-electron chi connectivity index (χ2n) is 9.80. The van der Waals surface area contributed by atoms with Gasteiger partial charge in [0.2, 0.25) is 5.91 Å². The first kappa shape index (κ1) is 24.6. The van der Waals surface area contributed by atoms with E-state index in [0.717, 1.165) is 60.1 Å². The highest BCUT2D eigenvalue weighted by molar-refractivity contribution is 5.99. The zero-order chi connectivity index (χ0) is 25.6. The number of H-pyrrole nitrogens is 1. The Kier molecular flexibility index (Phi) is 7.54. The smallest absolute Gasteiger partial charge is 0.253 e. The summed E-state index contributed by atoms with van der Waals surface area (Å²) in [5.41, 5.74) is 4.86. The number of benzene rings is 3. The summed E-state index contributed by atoms with van der Waals surface area (Å²) >= 11 is 0. The van der Waals surface area contributed by atoms with E-state index < -0.39 is 0 Å². The van der Waals surface area contributed by atoms with Crippen LogP contribution in [0.2, 0.25) is 0 Å². The van der Waals surface area contributed by atoms with Crippen LogP contribution in [0.25, 0.3) is 10.9 Å². The largest absolute Gasteiger partial charge is 0.497 e. The van der Waals surface area contributed by atoms with Crippen LogP contribution in [-0.2, 0) is 24.2 Å². The summed E-state index contributed by atoms with van der Waals surface area (Å²) in [6.07, 6.45) is 5.22. The Labute approximate surface area is 217 Å². The Balaban J connectivity index is 1.18. The number of ether oxygens (including phenoxy) is 1. The quantitative estimate of drug-likeness (QED) is 0.356. The van der Waals surface area contributed by atoms with Crippen molar-refractivity contribution in [1.29, 1.82) is 0 Å². The third-order valence-corrected chi connectivity index (χ3v) is 7.28. The lowest BCUT2D eigenvalue weighted by Crippen LogP contribution is -2.38. The van der Waals surface area contributed by atoms with Crippen LogP contribution in [0, 0.1) is 5.92 Å². The number of aromatic amines is 1. The molecular weight excluding hydrogens is 462 g/mol. The summed E-state index contributed by atoms with van der Waals surface area (Å²) in [4.78, 5) is 31.2. The third kappa shape index (κ3) is 6.02. The number of piperidine rings is 1. The predicted octanol–water partition coefficient (Wildman–Crippen LogP) is 5.13. The maximum Gasteiger partial charge on any atom is 0.253 e. The molecule has 0 unspecified atom stereocenters. The molecule has 1 aromatic heterocycles. The van der Waals surface area contributed by atoms with Crippen molar-refractivity contribution in [3.63, 3.8) is 0 Å². The molecule has 190 valence electrons. The van der Waals surface area contributed by atoms with Gasteiger partial charge in [-0.1, -0.05) is 42.5 Å². The number of carbonyl (C=O) groups is 2. The standard InChI is InChI=1S/C31H33N3O3/c1-37-27-10-7-24(8-11-27)20-33-30(35)19-26-21-32-29-12-9-25(18-28(26)29)31(36)34-15-13-23(14-16-34)17-22-5-3-2-4-6-22/h2-12,18,21,23,32H,13-17,19-20H2,1H3,(H,33,35). The van der Waals surface area contributed by atoms with E-state index in [1.807, 2.05) is 59.6 Å². The highest BCUT2D eigenvalue weighted by Gasteiger charge is 2.24. The lowest BCUT2D eigenvalue weighted by Gasteiger charge is -2.32. The van der Waals surface area contributed by atoms with Crippen LogP contribution in [0.3, 0.4) is 0 Å². The normalized spacial score (nSPS) is 14.0. The molecule has 4 aromatic rings. The van der Waals surface area contributed by atoms with E-state index in [0.29, 0.717) is 18.0 Å². The summed E-state index contributed by atoms with van der Waals surface area (Å²) in [6, 6.07) is 24.0. The zero-order valence-corrected chi connectivity index (χ0v) is 21.2. The molecule has 6 heteroatoms.